The van der Waals surface area contributed by atoms with Crippen molar-refractivity contribution in [3.8, 4) is 0 Å². The Balaban J connectivity index is 4.78. The van der Waals surface area contributed by atoms with E-state index < -0.39 is 0 Å². The highest BCUT2D eigenvalue weighted by atomic mass is 14.4. The standard InChI is InChI=1S/C16H31N/c1-6-9-10-12-15(11-7-2)16(14(5)17)13(4)8-3/h15,17H,6-12H2,1-5H3. The van der Waals surface area contributed by atoms with Crippen LogP contribution >= 0.6 is 0 Å². The Bertz CT molecular complexity index is 250. The van der Waals surface area contributed by atoms with Gasteiger partial charge in [-0.1, -0.05) is 52.0 Å². The number of hydrogen-bond acceptors (Lipinski definition) is 1. The molecule has 0 bridgehead atoms. The average molecular weight is 237 g/mol. The third-order valence-electron chi connectivity index (χ3n) is 3.60. The lowest BCUT2D eigenvalue weighted by Crippen LogP contribution is -2.13. The molecule has 0 spiro atoms. The number of allylic oxidation sites excluding steroid dienone is 2. The molecule has 0 aliphatic heterocycles. The van der Waals surface area contributed by atoms with Crippen molar-refractivity contribution in [3.63, 3.8) is 0 Å². The summed E-state index contributed by atoms with van der Waals surface area (Å²) in [6, 6.07) is 0. The van der Waals surface area contributed by atoms with Crippen LogP contribution < -0.4 is 0 Å². The number of nitrogens with one attached hydrogen (secondary N) is 1. The van der Waals surface area contributed by atoms with Gasteiger partial charge in [0.1, 0.15) is 0 Å². The Morgan fingerprint density at radius 2 is 1.59 bits per heavy atom. The predicted molar refractivity (Wildman–Crippen MR) is 78.9 cm³/mol. The molecule has 0 fully saturated rings. The third-order valence-corrected chi connectivity index (χ3v) is 3.60. The van der Waals surface area contributed by atoms with Crippen LogP contribution in [0.2, 0.25) is 0 Å². The van der Waals surface area contributed by atoms with Gasteiger partial charge < -0.3 is 5.41 Å². The number of hydrogen-bond donors (Lipinski definition) is 1. The van der Waals surface area contributed by atoms with Gasteiger partial charge in [0.25, 0.3) is 0 Å². The molecule has 0 aromatic rings. The molecule has 0 aliphatic rings. The zero-order chi connectivity index (χ0) is 13.3. The van der Waals surface area contributed by atoms with Gasteiger partial charge in [0.15, 0.2) is 0 Å². The molecule has 1 heteroatoms. The Morgan fingerprint density at radius 3 is 2.00 bits per heavy atom. The smallest absolute Gasteiger partial charge is 0.0317 e. The summed E-state index contributed by atoms with van der Waals surface area (Å²) in [5.41, 5.74) is 3.57. The van der Waals surface area contributed by atoms with Crippen LogP contribution in [0.3, 0.4) is 0 Å². The van der Waals surface area contributed by atoms with Gasteiger partial charge in [0.2, 0.25) is 0 Å². The normalized spacial score (nSPS) is 14.4. The van der Waals surface area contributed by atoms with Crippen LogP contribution in [0.4, 0.5) is 0 Å². The lowest BCUT2D eigenvalue weighted by molar-refractivity contribution is 0.487. The summed E-state index contributed by atoms with van der Waals surface area (Å²) in [5, 5.41) is 8.02. The average Bonchev–Trinajstić information content (AvgIpc) is 2.29. The van der Waals surface area contributed by atoms with Crippen LogP contribution in [-0.2, 0) is 0 Å². The Morgan fingerprint density at radius 1 is 0.941 bits per heavy atom. The summed E-state index contributed by atoms with van der Waals surface area (Å²) in [5.74, 6) is 0.629. The molecular formula is C16H31N. The first-order valence-corrected chi connectivity index (χ1v) is 7.33. The molecular weight excluding hydrogens is 206 g/mol. The molecule has 0 rings (SSSR count). The molecule has 1 N–H and O–H groups in total. The quantitative estimate of drug-likeness (QED) is 0.390. The Kier molecular flexibility index (Phi) is 9.11. The molecule has 0 radical (unpaired) electrons. The van der Waals surface area contributed by atoms with E-state index in [1.165, 1.54) is 49.7 Å². The summed E-state index contributed by atoms with van der Waals surface area (Å²) in [4.78, 5) is 0. The molecule has 0 saturated carbocycles. The second kappa shape index (κ2) is 9.44. The van der Waals surface area contributed by atoms with E-state index >= 15 is 0 Å². The second-order valence-electron chi connectivity index (χ2n) is 5.15. The van der Waals surface area contributed by atoms with Gasteiger partial charge in [-0.2, -0.15) is 0 Å². The lowest BCUT2D eigenvalue weighted by Gasteiger charge is -2.22. The summed E-state index contributed by atoms with van der Waals surface area (Å²) < 4.78 is 0. The fourth-order valence-corrected chi connectivity index (χ4v) is 2.59. The van der Waals surface area contributed by atoms with E-state index in [-0.39, 0.29) is 0 Å². The molecule has 100 valence electrons. The topological polar surface area (TPSA) is 23.9 Å². The van der Waals surface area contributed by atoms with Crippen molar-refractivity contribution >= 4 is 5.71 Å². The van der Waals surface area contributed by atoms with Crippen molar-refractivity contribution in [2.45, 2.75) is 79.6 Å². The zero-order valence-electron chi connectivity index (χ0n) is 12.5. The van der Waals surface area contributed by atoms with Gasteiger partial charge in [-0.15, -0.1) is 0 Å². The van der Waals surface area contributed by atoms with Gasteiger partial charge in [0.05, 0.1) is 0 Å². The first-order chi connectivity index (χ1) is 8.08. The molecule has 0 aliphatic carbocycles. The first-order valence-electron chi connectivity index (χ1n) is 7.33. The van der Waals surface area contributed by atoms with E-state index in [0.717, 1.165) is 12.1 Å². The summed E-state index contributed by atoms with van der Waals surface area (Å²) in [6.45, 7) is 10.9. The molecule has 0 amide bonds. The summed E-state index contributed by atoms with van der Waals surface area (Å²) >= 11 is 0. The van der Waals surface area contributed by atoms with Gasteiger partial charge in [0, 0.05) is 5.71 Å². The maximum absolute atomic E-state index is 8.02. The predicted octanol–water partition coefficient (Wildman–Crippen LogP) is 5.75. The molecule has 0 saturated heterocycles. The largest absolute Gasteiger partial charge is 0.305 e. The van der Waals surface area contributed by atoms with Gasteiger partial charge in [-0.3, -0.25) is 0 Å². The molecule has 0 aromatic heterocycles. The minimum Gasteiger partial charge on any atom is -0.305 e. The maximum Gasteiger partial charge on any atom is 0.0317 e. The number of unbranched alkanes of at least 4 members (excludes halogenated alkanes) is 2. The van der Waals surface area contributed by atoms with Crippen LogP contribution in [0.5, 0.6) is 0 Å². The minimum atomic E-state index is 0.629. The Labute approximate surface area is 108 Å². The van der Waals surface area contributed by atoms with Crippen LogP contribution in [0.15, 0.2) is 11.1 Å². The highest BCUT2D eigenvalue weighted by Crippen LogP contribution is 2.28. The van der Waals surface area contributed by atoms with E-state index in [1.54, 1.807) is 0 Å². The van der Waals surface area contributed by atoms with Crippen molar-refractivity contribution in [2.24, 2.45) is 5.92 Å². The lowest BCUT2D eigenvalue weighted by atomic mass is 9.83. The van der Waals surface area contributed by atoms with Gasteiger partial charge >= 0.3 is 0 Å². The molecule has 0 aromatic carbocycles. The molecule has 1 nitrogen and oxygen atoms in total. The maximum atomic E-state index is 8.02. The molecule has 17 heavy (non-hydrogen) atoms. The van der Waals surface area contributed by atoms with Crippen LogP contribution in [0.25, 0.3) is 0 Å². The summed E-state index contributed by atoms with van der Waals surface area (Å²) in [6.07, 6.45) is 8.75. The molecule has 0 heterocycles. The Hall–Kier alpha value is -0.590. The highest BCUT2D eigenvalue weighted by molar-refractivity contribution is 5.96. The number of rotatable bonds is 9. The van der Waals surface area contributed by atoms with E-state index in [0.29, 0.717) is 5.92 Å². The van der Waals surface area contributed by atoms with Crippen molar-refractivity contribution in [1.82, 2.24) is 0 Å². The first kappa shape index (κ1) is 16.4. The SMILES string of the molecule is CCCCCC(CCC)C(C(C)=N)=C(C)CC. The zero-order valence-corrected chi connectivity index (χ0v) is 12.5. The van der Waals surface area contributed by atoms with E-state index in [4.69, 9.17) is 5.41 Å². The van der Waals surface area contributed by atoms with Crippen LogP contribution in [0.1, 0.15) is 79.6 Å². The van der Waals surface area contributed by atoms with Crippen LogP contribution in [-0.4, -0.2) is 5.71 Å². The third kappa shape index (κ3) is 6.05. The van der Waals surface area contributed by atoms with Crippen LogP contribution in [0, 0.1) is 11.3 Å². The fraction of sp³-hybridized carbons (Fsp3) is 0.812. The van der Waals surface area contributed by atoms with E-state index in [1.807, 2.05) is 6.92 Å². The fourth-order valence-electron chi connectivity index (χ4n) is 2.59. The van der Waals surface area contributed by atoms with Crippen molar-refractivity contribution in [1.29, 1.82) is 5.41 Å². The molecule has 1 atom stereocenters. The van der Waals surface area contributed by atoms with E-state index in [2.05, 4.69) is 27.7 Å². The van der Waals surface area contributed by atoms with Crippen molar-refractivity contribution in [3.05, 3.63) is 11.1 Å². The van der Waals surface area contributed by atoms with Crippen molar-refractivity contribution in [2.75, 3.05) is 0 Å². The highest BCUT2D eigenvalue weighted by Gasteiger charge is 2.17. The minimum absolute atomic E-state index is 0.629. The van der Waals surface area contributed by atoms with Gasteiger partial charge in [-0.25, -0.2) is 0 Å². The van der Waals surface area contributed by atoms with E-state index in [9.17, 15) is 0 Å². The second-order valence-corrected chi connectivity index (χ2v) is 5.15. The monoisotopic (exact) mass is 237 g/mol. The van der Waals surface area contributed by atoms with Crippen molar-refractivity contribution < 1.29 is 0 Å². The van der Waals surface area contributed by atoms with Gasteiger partial charge in [-0.05, 0) is 44.6 Å². The molecule has 1 unspecified atom stereocenters. The summed E-state index contributed by atoms with van der Waals surface area (Å²) in [7, 11) is 0.